The standard InChI is InChI=1S/C7H14N4OS/c1-5(3-2-4-12)9-7-10-6(8)11-13-7/h5,12H,2-4H2,1H3,(H3,8,9,10,11). The lowest BCUT2D eigenvalue weighted by Crippen LogP contribution is -2.15. The smallest absolute Gasteiger partial charge is 0.233 e. The zero-order valence-electron chi connectivity index (χ0n) is 7.53. The molecule has 0 aromatic carbocycles. The minimum atomic E-state index is 0.226. The average molecular weight is 202 g/mol. The summed E-state index contributed by atoms with van der Waals surface area (Å²) in [5.74, 6) is 0.307. The van der Waals surface area contributed by atoms with Crippen molar-refractivity contribution in [1.29, 1.82) is 0 Å². The van der Waals surface area contributed by atoms with Gasteiger partial charge >= 0.3 is 0 Å². The van der Waals surface area contributed by atoms with Crippen LogP contribution in [-0.4, -0.2) is 27.1 Å². The number of anilines is 2. The summed E-state index contributed by atoms with van der Waals surface area (Å²) < 4.78 is 3.85. The van der Waals surface area contributed by atoms with Gasteiger partial charge < -0.3 is 16.2 Å². The van der Waals surface area contributed by atoms with E-state index in [1.165, 1.54) is 11.5 Å². The van der Waals surface area contributed by atoms with E-state index in [1.54, 1.807) is 0 Å². The van der Waals surface area contributed by atoms with Gasteiger partial charge in [0.05, 0.1) is 0 Å². The summed E-state index contributed by atoms with van der Waals surface area (Å²) in [5.41, 5.74) is 5.36. The summed E-state index contributed by atoms with van der Waals surface area (Å²) in [6.45, 7) is 2.26. The number of nitrogens with zero attached hydrogens (tertiary/aromatic N) is 2. The van der Waals surface area contributed by atoms with Crippen molar-refractivity contribution >= 4 is 22.6 Å². The molecule has 0 radical (unpaired) electrons. The Hall–Kier alpha value is -0.880. The van der Waals surface area contributed by atoms with Crippen molar-refractivity contribution in [3.8, 4) is 0 Å². The largest absolute Gasteiger partial charge is 0.396 e. The number of nitrogen functional groups attached to an aromatic ring is 1. The highest BCUT2D eigenvalue weighted by atomic mass is 32.1. The van der Waals surface area contributed by atoms with Gasteiger partial charge in [0.25, 0.3) is 0 Å². The second kappa shape index (κ2) is 4.98. The predicted molar refractivity (Wildman–Crippen MR) is 53.7 cm³/mol. The molecule has 0 spiro atoms. The number of aliphatic hydroxyl groups is 1. The zero-order chi connectivity index (χ0) is 9.68. The SMILES string of the molecule is CC(CCCO)Nc1nc(N)ns1. The molecule has 0 fully saturated rings. The molecule has 1 rings (SSSR count). The third-order valence-corrected chi connectivity index (χ3v) is 2.27. The van der Waals surface area contributed by atoms with Crippen LogP contribution >= 0.6 is 11.5 Å². The predicted octanol–water partition coefficient (Wildman–Crippen LogP) is 0.693. The summed E-state index contributed by atoms with van der Waals surface area (Å²) in [4.78, 5) is 3.97. The Morgan fingerprint density at radius 1 is 1.69 bits per heavy atom. The van der Waals surface area contributed by atoms with Gasteiger partial charge in [0.1, 0.15) is 0 Å². The number of aliphatic hydroxyl groups excluding tert-OH is 1. The van der Waals surface area contributed by atoms with Crippen LogP contribution in [0, 0.1) is 0 Å². The second-order valence-corrected chi connectivity index (χ2v) is 3.62. The lowest BCUT2D eigenvalue weighted by atomic mass is 10.2. The third-order valence-electron chi connectivity index (χ3n) is 1.61. The monoisotopic (exact) mass is 202 g/mol. The number of hydrogen-bond acceptors (Lipinski definition) is 6. The fourth-order valence-corrected chi connectivity index (χ4v) is 1.58. The van der Waals surface area contributed by atoms with Crippen LogP contribution in [0.4, 0.5) is 11.1 Å². The summed E-state index contributed by atoms with van der Waals surface area (Å²) in [7, 11) is 0. The van der Waals surface area contributed by atoms with Gasteiger partial charge in [-0.15, -0.1) is 0 Å². The summed E-state index contributed by atoms with van der Waals surface area (Å²) in [6.07, 6.45) is 1.71. The first kappa shape index (κ1) is 10.2. The molecule has 1 aromatic heterocycles. The molecule has 0 aliphatic rings. The van der Waals surface area contributed by atoms with Crippen molar-refractivity contribution in [3.63, 3.8) is 0 Å². The zero-order valence-corrected chi connectivity index (χ0v) is 8.34. The first-order valence-corrected chi connectivity index (χ1v) is 4.96. The van der Waals surface area contributed by atoms with Crippen molar-refractivity contribution in [3.05, 3.63) is 0 Å². The van der Waals surface area contributed by atoms with Gasteiger partial charge in [-0.1, -0.05) is 0 Å². The molecule has 1 atom stereocenters. The highest BCUT2D eigenvalue weighted by Crippen LogP contribution is 2.14. The molecule has 74 valence electrons. The molecule has 1 unspecified atom stereocenters. The molecule has 0 aliphatic heterocycles. The highest BCUT2D eigenvalue weighted by molar-refractivity contribution is 7.09. The normalized spacial score (nSPS) is 12.8. The molecular formula is C7H14N4OS. The second-order valence-electron chi connectivity index (χ2n) is 2.87. The van der Waals surface area contributed by atoms with Crippen molar-refractivity contribution in [1.82, 2.24) is 9.36 Å². The Labute approximate surface area is 81.2 Å². The Bertz CT molecular complexity index is 252. The maximum Gasteiger partial charge on any atom is 0.233 e. The molecule has 1 aromatic rings. The molecule has 0 amide bonds. The van der Waals surface area contributed by atoms with Crippen LogP contribution in [0.1, 0.15) is 19.8 Å². The maximum absolute atomic E-state index is 8.61. The summed E-state index contributed by atoms with van der Waals surface area (Å²) >= 11 is 1.25. The average Bonchev–Trinajstić information content (AvgIpc) is 2.48. The van der Waals surface area contributed by atoms with Crippen LogP contribution in [0.3, 0.4) is 0 Å². The van der Waals surface area contributed by atoms with Gasteiger partial charge in [-0.3, -0.25) is 0 Å². The maximum atomic E-state index is 8.61. The molecule has 0 saturated heterocycles. The highest BCUT2D eigenvalue weighted by Gasteiger charge is 2.04. The van der Waals surface area contributed by atoms with E-state index in [0.29, 0.717) is 12.0 Å². The quantitative estimate of drug-likeness (QED) is 0.654. The van der Waals surface area contributed by atoms with E-state index in [0.717, 1.165) is 18.0 Å². The number of nitrogens with one attached hydrogen (secondary N) is 1. The van der Waals surface area contributed by atoms with E-state index in [9.17, 15) is 0 Å². The van der Waals surface area contributed by atoms with E-state index in [4.69, 9.17) is 10.8 Å². The first-order valence-electron chi connectivity index (χ1n) is 4.19. The van der Waals surface area contributed by atoms with Gasteiger partial charge in [0.15, 0.2) is 0 Å². The molecule has 0 bridgehead atoms. The Morgan fingerprint density at radius 3 is 3.00 bits per heavy atom. The van der Waals surface area contributed by atoms with Crippen LogP contribution in [0.25, 0.3) is 0 Å². The number of nitrogens with two attached hydrogens (primary N) is 1. The number of aromatic nitrogens is 2. The van der Waals surface area contributed by atoms with Crippen LogP contribution in [-0.2, 0) is 0 Å². The van der Waals surface area contributed by atoms with Gasteiger partial charge in [-0.25, -0.2) is 0 Å². The fraction of sp³-hybridized carbons (Fsp3) is 0.714. The summed E-state index contributed by atoms with van der Waals surface area (Å²) in [5, 5.41) is 12.5. The first-order chi connectivity index (χ1) is 6.22. The number of hydrogen-bond donors (Lipinski definition) is 3. The minimum absolute atomic E-state index is 0.226. The van der Waals surface area contributed by atoms with Crippen molar-refractivity contribution in [2.45, 2.75) is 25.8 Å². The number of rotatable bonds is 5. The Balaban J connectivity index is 2.31. The molecule has 4 N–H and O–H groups in total. The van der Waals surface area contributed by atoms with Gasteiger partial charge in [0.2, 0.25) is 11.1 Å². The van der Waals surface area contributed by atoms with Gasteiger partial charge in [-0.05, 0) is 19.8 Å². The van der Waals surface area contributed by atoms with E-state index >= 15 is 0 Å². The van der Waals surface area contributed by atoms with Gasteiger partial charge in [0, 0.05) is 24.2 Å². The van der Waals surface area contributed by atoms with Crippen molar-refractivity contribution in [2.75, 3.05) is 17.7 Å². The molecule has 0 saturated carbocycles. The minimum Gasteiger partial charge on any atom is -0.396 e. The van der Waals surface area contributed by atoms with E-state index in [-0.39, 0.29) is 6.61 Å². The Kier molecular flexibility index (Phi) is 3.91. The molecule has 0 aliphatic carbocycles. The molecular weight excluding hydrogens is 188 g/mol. The van der Waals surface area contributed by atoms with E-state index in [2.05, 4.69) is 14.7 Å². The lowest BCUT2D eigenvalue weighted by molar-refractivity contribution is 0.282. The van der Waals surface area contributed by atoms with E-state index < -0.39 is 0 Å². The van der Waals surface area contributed by atoms with E-state index in [1.807, 2.05) is 6.92 Å². The van der Waals surface area contributed by atoms with Crippen LogP contribution in [0.5, 0.6) is 0 Å². The lowest BCUT2D eigenvalue weighted by Gasteiger charge is -2.10. The molecule has 6 heteroatoms. The van der Waals surface area contributed by atoms with Crippen molar-refractivity contribution in [2.24, 2.45) is 0 Å². The van der Waals surface area contributed by atoms with Gasteiger partial charge in [-0.2, -0.15) is 9.36 Å². The fourth-order valence-electron chi connectivity index (χ4n) is 0.974. The third kappa shape index (κ3) is 3.56. The summed E-state index contributed by atoms with van der Waals surface area (Å²) in [6, 6.07) is 0.291. The molecule has 5 nitrogen and oxygen atoms in total. The Morgan fingerprint density at radius 2 is 2.46 bits per heavy atom. The molecule has 13 heavy (non-hydrogen) atoms. The van der Waals surface area contributed by atoms with Crippen LogP contribution < -0.4 is 11.1 Å². The van der Waals surface area contributed by atoms with Crippen LogP contribution in [0.2, 0.25) is 0 Å². The molecule has 1 heterocycles. The van der Waals surface area contributed by atoms with Crippen molar-refractivity contribution < 1.29 is 5.11 Å². The van der Waals surface area contributed by atoms with Crippen LogP contribution in [0.15, 0.2) is 0 Å². The topological polar surface area (TPSA) is 84.1 Å².